The molecule has 3 heterocycles. The van der Waals surface area contributed by atoms with Crippen molar-refractivity contribution in [2.24, 2.45) is 0 Å². The number of aromatic nitrogens is 4. The molecule has 1 aliphatic heterocycles. The molecule has 0 spiro atoms. The highest BCUT2D eigenvalue weighted by atomic mass is 35.5. The predicted molar refractivity (Wildman–Crippen MR) is 110 cm³/mol. The van der Waals surface area contributed by atoms with Crippen molar-refractivity contribution in [2.45, 2.75) is 34.7 Å². The van der Waals surface area contributed by atoms with Gasteiger partial charge < -0.3 is 20.1 Å². The van der Waals surface area contributed by atoms with Gasteiger partial charge in [0.25, 0.3) is 5.26 Å². The van der Waals surface area contributed by atoms with Gasteiger partial charge in [-0.25, -0.2) is 9.67 Å². The van der Waals surface area contributed by atoms with Crippen LogP contribution < -0.4 is 0 Å². The molecule has 0 amide bonds. The van der Waals surface area contributed by atoms with Crippen LogP contribution in [0.25, 0.3) is 11.4 Å². The molecule has 2 unspecified atom stereocenters. The van der Waals surface area contributed by atoms with E-state index in [0.29, 0.717) is 20.6 Å². The Kier molecular flexibility index (Phi) is 6.61. The maximum Gasteiger partial charge on any atom is 0.269 e. The quantitative estimate of drug-likeness (QED) is 0.497. The van der Waals surface area contributed by atoms with E-state index in [-0.39, 0.29) is 5.69 Å². The van der Waals surface area contributed by atoms with Crippen LogP contribution in [0.5, 0.6) is 0 Å². The van der Waals surface area contributed by atoms with Gasteiger partial charge in [0.05, 0.1) is 22.8 Å². The lowest BCUT2D eigenvalue weighted by atomic mass is 9.97. The van der Waals surface area contributed by atoms with E-state index in [4.69, 9.17) is 27.9 Å². The van der Waals surface area contributed by atoms with Crippen molar-refractivity contribution in [1.29, 1.82) is 0 Å². The first kappa shape index (κ1) is 21.9. The van der Waals surface area contributed by atoms with Crippen LogP contribution in [0.1, 0.15) is 6.04 Å². The van der Waals surface area contributed by atoms with Gasteiger partial charge in [-0.1, -0.05) is 51.5 Å². The number of rotatable bonds is 5. The molecular formula is C17H15Cl2FN4O4S2. The number of aliphatic hydroxyl groups excluding tert-OH is 3. The van der Waals surface area contributed by atoms with Gasteiger partial charge in [0, 0.05) is 10.3 Å². The van der Waals surface area contributed by atoms with Crippen molar-refractivity contribution in [1.82, 2.24) is 20.0 Å². The first-order valence-electron chi connectivity index (χ1n) is 8.64. The van der Waals surface area contributed by atoms with E-state index in [1.807, 2.05) is 0 Å². The smallest absolute Gasteiger partial charge is 0.269 e. The Labute approximate surface area is 188 Å². The molecule has 0 radical (unpaired) electrons. The van der Waals surface area contributed by atoms with Crippen LogP contribution in [0.2, 0.25) is 10.0 Å². The lowest BCUT2D eigenvalue weighted by Gasteiger charge is -2.41. The number of benzene rings is 1. The Morgan fingerprint density at radius 1 is 1.20 bits per heavy atom. The Bertz CT molecular complexity index is 1040. The number of ether oxygens (including phenoxy) is 1. The summed E-state index contributed by atoms with van der Waals surface area (Å²) in [5.74, 6) is 0. The number of thioether (sulfide) groups is 1. The van der Waals surface area contributed by atoms with Crippen molar-refractivity contribution >= 4 is 46.3 Å². The molecule has 8 nitrogen and oxygen atoms in total. The second-order valence-corrected chi connectivity index (χ2v) is 9.25. The molecule has 4 rings (SSSR count). The van der Waals surface area contributed by atoms with Gasteiger partial charge in [-0.05, 0) is 18.2 Å². The average Bonchev–Trinajstić information content (AvgIpc) is 3.36. The number of hydrogen-bond acceptors (Lipinski definition) is 9. The number of thiazole rings is 1. The molecule has 5 atom stereocenters. The fourth-order valence-corrected chi connectivity index (χ4v) is 5.07. The number of nitrogens with zero attached hydrogens (tertiary/aromatic N) is 4. The predicted octanol–water partition coefficient (Wildman–Crippen LogP) is 2.62. The summed E-state index contributed by atoms with van der Waals surface area (Å²) >= 11 is 14.0. The molecule has 0 aliphatic carbocycles. The van der Waals surface area contributed by atoms with Gasteiger partial charge in [-0.2, -0.15) is 4.39 Å². The minimum atomic E-state index is -1.27. The fourth-order valence-electron chi connectivity index (χ4n) is 3.07. The van der Waals surface area contributed by atoms with Gasteiger partial charge in [0.2, 0.25) is 0 Å². The van der Waals surface area contributed by atoms with E-state index in [9.17, 15) is 19.7 Å². The lowest BCUT2D eigenvalue weighted by Crippen LogP contribution is -2.55. The lowest BCUT2D eigenvalue weighted by molar-refractivity contribution is -0.178. The van der Waals surface area contributed by atoms with Crippen LogP contribution >= 0.6 is 46.3 Å². The highest BCUT2D eigenvalue weighted by molar-refractivity contribution is 7.99. The molecule has 3 N–H and O–H groups in total. The first-order valence-corrected chi connectivity index (χ1v) is 11.2. The van der Waals surface area contributed by atoms with Gasteiger partial charge >= 0.3 is 0 Å². The molecule has 0 saturated carbocycles. The minimum absolute atomic E-state index is 0.287. The second-order valence-electron chi connectivity index (χ2n) is 6.46. The molecule has 160 valence electrons. The molecular weight excluding hydrogens is 478 g/mol. The molecule has 3 aromatic rings. The van der Waals surface area contributed by atoms with E-state index in [1.54, 1.807) is 18.2 Å². The fraction of sp³-hybridized carbons (Fsp3) is 0.353. The molecule has 1 aliphatic rings. The Morgan fingerprint density at radius 3 is 2.67 bits per heavy atom. The molecule has 30 heavy (non-hydrogen) atoms. The van der Waals surface area contributed by atoms with Crippen LogP contribution in [0.3, 0.4) is 0 Å². The summed E-state index contributed by atoms with van der Waals surface area (Å²) in [6, 6.07) is 3.99. The summed E-state index contributed by atoms with van der Waals surface area (Å²) in [6.45, 7) is -0.471. The molecule has 1 fully saturated rings. The largest absolute Gasteiger partial charge is 0.394 e. The maximum atomic E-state index is 13.2. The molecule has 2 aromatic heterocycles. The standard InChI is InChI=1S/C17H15Cl2FN4O4S2/c18-8-2-1-7(3-9(8)19)30-16-15(27)13(14(26)12(5-25)28-16)24-4-10(22-23-24)11-6-29-17(20)21-11/h1-4,6,12-16,25-27H,5H2/t12?,13-,14-,15?,16+/m0/s1. The Hall–Kier alpha value is -1.31. The van der Waals surface area contributed by atoms with E-state index >= 15 is 0 Å². The van der Waals surface area contributed by atoms with Crippen molar-refractivity contribution in [2.75, 3.05) is 6.61 Å². The van der Waals surface area contributed by atoms with Crippen LogP contribution in [-0.4, -0.2) is 65.7 Å². The molecule has 1 saturated heterocycles. The summed E-state index contributed by atoms with van der Waals surface area (Å²) < 4.78 is 20.2. The highest BCUT2D eigenvalue weighted by Crippen LogP contribution is 2.39. The van der Waals surface area contributed by atoms with E-state index in [2.05, 4.69) is 15.3 Å². The van der Waals surface area contributed by atoms with Gasteiger partial charge in [0.1, 0.15) is 41.2 Å². The molecule has 13 heteroatoms. The highest BCUT2D eigenvalue weighted by Gasteiger charge is 2.46. The van der Waals surface area contributed by atoms with Gasteiger partial charge in [0.15, 0.2) is 0 Å². The first-order chi connectivity index (χ1) is 14.4. The van der Waals surface area contributed by atoms with Crippen LogP contribution in [-0.2, 0) is 4.74 Å². The number of hydrogen-bond donors (Lipinski definition) is 3. The van der Waals surface area contributed by atoms with Crippen LogP contribution in [0.15, 0.2) is 34.7 Å². The van der Waals surface area contributed by atoms with E-state index < -0.39 is 41.7 Å². The third kappa shape index (κ3) is 4.34. The summed E-state index contributed by atoms with van der Waals surface area (Å²) in [5, 5.41) is 40.8. The molecule has 0 bridgehead atoms. The Morgan fingerprint density at radius 2 is 2.00 bits per heavy atom. The van der Waals surface area contributed by atoms with Crippen LogP contribution in [0, 0.1) is 5.26 Å². The third-order valence-corrected chi connectivity index (χ3v) is 7.06. The van der Waals surface area contributed by atoms with Gasteiger partial charge in [-0.3, -0.25) is 0 Å². The van der Waals surface area contributed by atoms with Crippen LogP contribution in [0.4, 0.5) is 4.39 Å². The normalized spacial score (nSPS) is 26.8. The summed E-state index contributed by atoms with van der Waals surface area (Å²) in [5.41, 5.74) is -0.271. The maximum absolute atomic E-state index is 13.2. The van der Waals surface area contributed by atoms with Crippen molar-refractivity contribution in [3.63, 3.8) is 0 Å². The van der Waals surface area contributed by atoms with Gasteiger partial charge in [-0.15, -0.1) is 5.10 Å². The number of halogens is 3. The average molecular weight is 493 g/mol. The van der Waals surface area contributed by atoms with Crippen molar-refractivity contribution < 1.29 is 24.4 Å². The second kappa shape index (κ2) is 9.05. The zero-order valence-electron chi connectivity index (χ0n) is 15.0. The monoisotopic (exact) mass is 492 g/mol. The number of aliphatic hydroxyl groups is 3. The minimum Gasteiger partial charge on any atom is -0.394 e. The zero-order chi connectivity index (χ0) is 21.4. The molecule has 1 aromatic carbocycles. The topological polar surface area (TPSA) is 114 Å². The van der Waals surface area contributed by atoms with Crippen molar-refractivity contribution in [3.8, 4) is 11.4 Å². The Balaban J connectivity index is 1.61. The SMILES string of the molecule is OCC1O[C@H](Sc2ccc(Cl)c(Cl)c2)C(O)[C@@H](n2cc(-c3csc(F)n3)nn2)[C@H]1O. The summed E-state index contributed by atoms with van der Waals surface area (Å²) in [7, 11) is 0. The van der Waals surface area contributed by atoms with Crippen molar-refractivity contribution in [3.05, 3.63) is 45.1 Å². The zero-order valence-corrected chi connectivity index (χ0v) is 18.1. The van der Waals surface area contributed by atoms with E-state index in [1.165, 1.54) is 16.3 Å². The summed E-state index contributed by atoms with van der Waals surface area (Å²) in [6.07, 6.45) is -2.00. The van der Waals surface area contributed by atoms with E-state index in [0.717, 1.165) is 23.1 Å². The summed E-state index contributed by atoms with van der Waals surface area (Å²) in [4.78, 5) is 4.39. The third-order valence-electron chi connectivity index (χ3n) is 4.55.